The predicted molar refractivity (Wildman–Crippen MR) is 34.7 cm³/mol. The van der Waals surface area contributed by atoms with Gasteiger partial charge in [-0.1, -0.05) is 0 Å². The Morgan fingerprint density at radius 3 is 2.78 bits per heavy atom. The minimum absolute atomic E-state index is 0.259. The fourth-order valence-corrected chi connectivity index (χ4v) is 1.40. The Balaban J connectivity index is 3.08. The number of hydrogen-bond acceptors (Lipinski definition) is 2. The molecule has 0 aliphatic rings. The van der Waals surface area contributed by atoms with Crippen molar-refractivity contribution in [2.45, 2.75) is 0 Å². The number of aryl methyl sites for hydroxylation is 1. The number of carbonyl (C=O) groups is 1. The van der Waals surface area contributed by atoms with Crippen molar-refractivity contribution >= 4 is 16.4 Å². The molecule has 4 heteroatoms. The molecule has 1 rings (SSSR count). The highest BCUT2D eigenvalue weighted by Gasteiger charge is 2.17. The van der Waals surface area contributed by atoms with Gasteiger partial charge in [0.1, 0.15) is 6.26 Å². The van der Waals surface area contributed by atoms with Gasteiger partial charge in [-0.15, -0.1) is 0 Å². The normalized spacial score (nSPS) is 11.4. The molecule has 0 amide bonds. The minimum atomic E-state index is -0.911. The van der Waals surface area contributed by atoms with E-state index in [0.717, 1.165) is 0 Å². The Morgan fingerprint density at radius 1 is 1.89 bits per heavy atom. The molecule has 9 heavy (non-hydrogen) atoms. The summed E-state index contributed by atoms with van der Waals surface area (Å²) in [7, 11) is -0.271. The number of aromatic carboxylic acids is 1. The molecule has 0 aliphatic heterocycles. The molecule has 0 spiro atoms. The molecule has 0 radical (unpaired) electrons. The van der Waals surface area contributed by atoms with E-state index >= 15 is 0 Å². The Hall–Kier alpha value is -0.900. The summed E-state index contributed by atoms with van der Waals surface area (Å²) in [5.41, 5.74) is 0. The topological polar surface area (TPSA) is 50.2 Å². The van der Waals surface area contributed by atoms with Gasteiger partial charge in [0.25, 0.3) is 0 Å². The van der Waals surface area contributed by atoms with Gasteiger partial charge in [-0.2, -0.15) is 4.98 Å². The van der Waals surface area contributed by atoms with E-state index < -0.39 is 5.97 Å². The van der Waals surface area contributed by atoms with Gasteiger partial charge in [-0.25, -0.2) is 4.79 Å². The van der Waals surface area contributed by atoms with Crippen LogP contribution in [0.2, 0.25) is 0 Å². The Labute approximate surface area is 54.9 Å². The second-order valence-electron chi connectivity index (χ2n) is 1.58. The van der Waals surface area contributed by atoms with Gasteiger partial charge in [-0.3, -0.25) is 0 Å². The maximum Gasteiger partial charge on any atom is 0.409 e. The molecule has 0 bridgehead atoms. The van der Waals surface area contributed by atoms with E-state index in [0.29, 0.717) is 0 Å². The fourth-order valence-electron chi connectivity index (χ4n) is 0.530. The second-order valence-corrected chi connectivity index (χ2v) is 3.36. The van der Waals surface area contributed by atoms with E-state index in [9.17, 15) is 4.79 Å². The van der Waals surface area contributed by atoms with E-state index in [-0.39, 0.29) is 15.5 Å². The van der Waals surface area contributed by atoms with Crippen molar-refractivity contribution in [1.82, 2.24) is 4.98 Å². The minimum Gasteiger partial charge on any atom is -0.473 e. The van der Waals surface area contributed by atoms with Crippen LogP contribution < -0.4 is 0 Å². The van der Waals surface area contributed by atoms with Gasteiger partial charge in [0, 0.05) is 10.5 Å². The van der Waals surface area contributed by atoms with Crippen LogP contribution in [0.1, 0.15) is 9.80 Å². The molecular weight excluding hydrogens is 138 g/mol. The Kier molecular flexibility index (Phi) is 1.48. The van der Waals surface area contributed by atoms with Crippen LogP contribution in [-0.4, -0.2) is 16.1 Å². The quantitative estimate of drug-likeness (QED) is 0.600. The largest absolute Gasteiger partial charge is 0.473 e. The third kappa shape index (κ3) is 1.08. The predicted octanol–water partition coefficient (Wildman–Crippen LogP) is 1.07. The first-order chi connectivity index (χ1) is 4.22. The van der Waals surface area contributed by atoms with Crippen LogP contribution in [0.4, 0.5) is 0 Å². The first-order valence-electron chi connectivity index (χ1n) is 2.34. The lowest BCUT2D eigenvalue weighted by molar-refractivity contribution is 0.0696. The standard InChI is InChI=1S/C5H5NO2S/c1-9-3-2-6-4(9)5(7)8/h2-3H,1H3/p+1. The van der Waals surface area contributed by atoms with E-state index in [4.69, 9.17) is 5.11 Å². The lowest BCUT2D eigenvalue weighted by Crippen LogP contribution is -1.94. The van der Waals surface area contributed by atoms with Gasteiger partial charge in [0.05, 0.1) is 6.20 Å². The third-order valence-corrected chi connectivity index (χ3v) is 2.36. The molecule has 1 atom stereocenters. The molecule has 0 aromatic carbocycles. The van der Waals surface area contributed by atoms with Gasteiger partial charge in [0.2, 0.25) is 0 Å². The highest BCUT2D eigenvalue weighted by Crippen LogP contribution is 2.16. The van der Waals surface area contributed by atoms with Crippen molar-refractivity contribution in [1.29, 1.82) is 0 Å². The molecule has 3 nitrogen and oxygen atoms in total. The van der Waals surface area contributed by atoms with Crippen LogP contribution in [-0.2, 0) is 6.26 Å². The zero-order valence-corrected chi connectivity index (χ0v) is 5.68. The second kappa shape index (κ2) is 2.14. The monoisotopic (exact) mass is 144 g/mol. The lowest BCUT2D eigenvalue weighted by atomic mass is 10.7. The van der Waals surface area contributed by atoms with Gasteiger partial charge >= 0.3 is 11.0 Å². The van der Waals surface area contributed by atoms with Gasteiger partial charge in [-0.05, 0) is 0 Å². The number of aromatic nitrogens is 1. The van der Waals surface area contributed by atoms with Crippen molar-refractivity contribution < 1.29 is 9.90 Å². The number of rotatable bonds is 1. The summed E-state index contributed by atoms with van der Waals surface area (Å²) in [6.07, 6.45) is 3.36. The highest BCUT2D eigenvalue weighted by atomic mass is 32.2. The molecular formula is C5H6NO2S+. The van der Waals surface area contributed by atoms with Crippen LogP contribution in [0.25, 0.3) is 0 Å². The summed E-state index contributed by atoms with van der Waals surface area (Å²) < 4.78 is 0. The maximum atomic E-state index is 10.2. The average Bonchev–Trinajstić information content (AvgIpc) is 2.13. The van der Waals surface area contributed by atoms with Gasteiger partial charge in [0.15, 0.2) is 5.38 Å². The van der Waals surface area contributed by atoms with Crippen molar-refractivity contribution in [3.63, 3.8) is 0 Å². The first-order valence-corrected chi connectivity index (χ1v) is 4.04. The van der Waals surface area contributed by atoms with Crippen LogP contribution in [0.15, 0.2) is 11.6 Å². The Bertz CT molecular complexity index is 231. The molecule has 1 aromatic heterocycles. The zero-order valence-electron chi connectivity index (χ0n) is 4.87. The van der Waals surface area contributed by atoms with Crippen LogP contribution in [0.5, 0.6) is 0 Å². The Morgan fingerprint density at radius 2 is 2.56 bits per heavy atom. The molecule has 48 valence electrons. The maximum absolute atomic E-state index is 10.2. The van der Waals surface area contributed by atoms with E-state index in [1.807, 2.05) is 6.26 Å². The summed E-state index contributed by atoms with van der Waals surface area (Å²) in [5, 5.41) is 10.5. The van der Waals surface area contributed by atoms with Crippen molar-refractivity contribution in [3.05, 3.63) is 16.6 Å². The van der Waals surface area contributed by atoms with Gasteiger partial charge < -0.3 is 5.11 Å². The number of hydrogen-bond donors (Lipinski definition) is 1. The summed E-state index contributed by atoms with van der Waals surface area (Å²) in [5.74, 6) is -0.911. The number of carboxylic acid groups (broad SMARTS) is 1. The van der Waals surface area contributed by atoms with Crippen molar-refractivity contribution in [2.24, 2.45) is 6.26 Å². The highest BCUT2D eigenvalue weighted by molar-refractivity contribution is 7.29. The molecule has 1 heterocycles. The molecule has 0 aliphatic carbocycles. The number of thiazole rings is 1. The van der Waals surface area contributed by atoms with E-state index in [1.54, 1.807) is 5.38 Å². The molecule has 0 saturated heterocycles. The SMILES string of the molecule is C[s+]1ccnc1C(=O)O. The number of nitrogens with zero attached hydrogens (tertiary/aromatic N) is 1. The van der Waals surface area contributed by atoms with E-state index in [1.165, 1.54) is 6.20 Å². The first kappa shape index (κ1) is 6.22. The summed E-state index contributed by atoms with van der Waals surface area (Å²) in [6, 6.07) is 0. The summed E-state index contributed by atoms with van der Waals surface area (Å²) in [6.45, 7) is 0. The fraction of sp³-hybridized carbons (Fsp3) is 0.200. The zero-order chi connectivity index (χ0) is 6.85. The van der Waals surface area contributed by atoms with Crippen molar-refractivity contribution in [3.8, 4) is 0 Å². The van der Waals surface area contributed by atoms with Crippen LogP contribution in [0.3, 0.4) is 0 Å². The van der Waals surface area contributed by atoms with Crippen molar-refractivity contribution in [2.75, 3.05) is 0 Å². The molecule has 1 aromatic rings. The summed E-state index contributed by atoms with van der Waals surface area (Å²) >= 11 is 0. The molecule has 0 saturated carbocycles. The van der Waals surface area contributed by atoms with Crippen LogP contribution >= 0.6 is 10.5 Å². The van der Waals surface area contributed by atoms with Crippen LogP contribution in [0, 0.1) is 0 Å². The molecule has 0 fully saturated rings. The average molecular weight is 144 g/mol. The molecule has 1 unspecified atom stereocenters. The third-order valence-electron chi connectivity index (χ3n) is 0.945. The number of carboxylic acids is 1. The lowest BCUT2D eigenvalue weighted by Gasteiger charge is -1.76. The smallest absolute Gasteiger partial charge is 0.409 e. The summed E-state index contributed by atoms with van der Waals surface area (Å²) in [4.78, 5) is 13.9. The molecule has 1 N–H and O–H groups in total. The van der Waals surface area contributed by atoms with E-state index in [2.05, 4.69) is 4.98 Å².